The van der Waals surface area contributed by atoms with E-state index in [1.165, 1.54) is 27.8 Å². The summed E-state index contributed by atoms with van der Waals surface area (Å²) in [5.41, 5.74) is 6.98. The second-order valence-electron chi connectivity index (χ2n) is 9.98. The molecule has 2 heteroatoms. The summed E-state index contributed by atoms with van der Waals surface area (Å²) in [5.74, 6) is 0. The van der Waals surface area contributed by atoms with Crippen molar-refractivity contribution in [2.24, 2.45) is 0 Å². The fraction of sp³-hybridized carbons (Fsp3) is 0.259. The lowest BCUT2D eigenvalue weighted by atomic mass is 9.92. The van der Waals surface area contributed by atoms with Crippen molar-refractivity contribution < 1.29 is 0 Å². The van der Waals surface area contributed by atoms with Crippen LogP contribution < -0.4 is 5.19 Å². The minimum Gasteiger partial charge on any atom is -0.0656 e. The van der Waals surface area contributed by atoms with Crippen molar-refractivity contribution in [1.82, 2.24) is 0 Å². The maximum Gasteiger partial charge on any atom is 0.0792 e. The molecule has 0 bridgehead atoms. The standard InChI is InChI=1S/C27H34Si2/c1-21-15-11-12-18-23(21)26(24-19-13-14-20-25(24)28(2,3)4)27(29(5,6)7)22-16-9-8-10-17-22/h8-20H,1-7H3/b27-26-. The molecule has 3 aromatic carbocycles. The highest BCUT2D eigenvalue weighted by atomic mass is 28.3. The Bertz CT molecular complexity index is 1020. The molecule has 0 fully saturated rings. The lowest BCUT2D eigenvalue weighted by molar-refractivity contribution is 1.41. The minimum atomic E-state index is -1.67. The third-order valence-corrected chi connectivity index (χ3v) is 9.57. The molecule has 0 saturated heterocycles. The number of hydrogen-bond acceptors (Lipinski definition) is 0. The van der Waals surface area contributed by atoms with Gasteiger partial charge in [0.1, 0.15) is 0 Å². The minimum absolute atomic E-state index is 1.35. The summed E-state index contributed by atoms with van der Waals surface area (Å²) in [7, 11) is -3.18. The molecule has 0 aliphatic carbocycles. The van der Waals surface area contributed by atoms with Gasteiger partial charge in [0.15, 0.2) is 0 Å². The van der Waals surface area contributed by atoms with Crippen LogP contribution in [0, 0.1) is 6.92 Å². The van der Waals surface area contributed by atoms with Crippen LogP contribution in [-0.2, 0) is 0 Å². The van der Waals surface area contributed by atoms with Gasteiger partial charge in [0.2, 0.25) is 0 Å². The van der Waals surface area contributed by atoms with Crippen LogP contribution in [0.1, 0.15) is 22.3 Å². The van der Waals surface area contributed by atoms with Crippen LogP contribution in [-0.4, -0.2) is 16.1 Å². The molecule has 3 rings (SSSR count). The highest BCUT2D eigenvalue weighted by Crippen LogP contribution is 2.39. The maximum atomic E-state index is 2.48. The lowest BCUT2D eigenvalue weighted by Crippen LogP contribution is -2.40. The second kappa shape index (κ2) is 8.29. The van der Waals surface area contributed by atoms with Gasteiger partial charge in [-0.25, -0.2) is 0 Å². The molecule has 0 radical (unpaired) electrons. The van der Waals surface area contributed by atoms with Crippen molar-refractivity contribution in [2.45, 2.75) is 46.2 Å². The van der Waals surface area contributed by atoms with Crippen molar-refractivity contribution in [2.75, 3.05) is 0 Å². The van der Waals surface area contributed by atoms with Crippen LogP contribution in [0.15, 0.2) is 78.9 Å². The van der Waals surface area contributed by atoms with Gasteiger partial charge in [-0.15, -0.1) is 0 Å². The Kier molecular flexibility index (Phi) is 6.16. The van der Waals surface area contributed by atoms with Gasteiger partial charge in [-0.3, -0.25) is 0 Å². The van der Waals surface area contributed by atoms with Gasteiger partial charge < -0.3 is 0 Å². The zero-order valence-electron chi connectivity index (χ0n) is 19.0. The Labute approximate surface area is 179 Å². The largest absolute Gasteiger partial charge is 0.0792 e. The van der Waals surface area contributed by atoms with Crippen LogP contribution >= 0.6 is 0 Å². The zero-order valence-corrected chi connectivity index (χ0v) is 21.0. The smallest absolute Gasteiger partial charge is 0.0656 e. The first kappa shape index (κ1) is 21.5. The summed E-state index contributed by atoms with van der Waals surface area (Å²) in [6.07, 6.45) is 0. The molecule has 0 N–H and O–H groups in total. The monoisotopic (exact) mass is 414 g/mol. The first-order chi connectivity index (χ1) is 13.6. The Morgan fingerprint density at radius 3 is 1.66 bits per heavy atom. The summed E-state index contributed by atoms with van der Waals surface area (Å²) in [4.78, 5) is 0. The molecule has 0 spiro atoms. The summed E-state index contributed by atoms with van der Waals surface area (Å²) in [5, 5.41) is 3.10. The third-order valence-electron chi connectivity index (χ3n) is 5.48. The van der Waals surface area contributed by atoms with E-state index in [9.17, 15) is 0 Å². The molecule has 3 aromatic rings. The predicted octanol–water partition coefficient (Wildman–Crippen LogP) is 7.38. The fourth-order valence-electron chi connectivity index (χ4n) is 4.18. The van der Waals surface area contributed by atoms with E-state index in [0.717, 1.165) is 0 Å². The van der Waals surface area contributed by atoms with Gasteiger partial charge in [0, 0.05) is 0 Å². The SMILES string of the molecule is Cc1ccccc1/C(=C(\c1ccccc1)[Si](C)(C)C)c1ccccc1[Si](C)(C)C. The molecule has 150 valence electrons. The Hall–Kier alpha value is -2.17. The topological polar surface area (TPSA) is 0 Å². The molecular weight excluding hydrogens is 380 g/mol. The number of hydrogen-bond donors (Lipinski definition) is 0. The highest BCUT2D eigenvalue weighted by molar-refractivity contribution is 6.95. The van der Waals surface area contributed by atoms with Crippen molar-refractivity contribution in [1.29, 1.82) is 0 Å². The number of aryl methyl sites for hydroxylation is 1. The van der Waals surface area contributed by atoms with Crippen LogP contribution in [0.5, 0.6) is 0 Å². The summed E-state index contributed by atoms with van der Waals surface area (Å²) >= 11 is 0. The molecule has 0 atom stereocenters. The zero-order chi connectivity index (χ0) is 21.2. The van der Waals surface area contributed by atoms with Crippen molar-refractivity contribution in [3.8, 4) is 0 Å². The van der Waals surface area contributed by atoms with Gasteiger partial charge in [-0.05, 0) is 39.9 Å². The summed E-state index contributed by atoms with van der Waals surface area (Å²) in [6.45, 7) is 17.0. The van der Waals surface area contributed by atoms with Crippen LogP contribution in [0.25, 0.3) is 10.8 Å². The van der Waals surface area contributed by atoms with Gasteiger partial charge in [-0.1, -0.05) is 123 Å². The van der Waals surface area contributed by atoms with Crippen molar-refractivity contribution in [3.63, 3.8) is 0 Å². The van der Waals surface area contributed by atoms with Crippen LogP contribution in [0.3, 0.4) is 0 Å². The Morgan fingerprint density at radius 1 is 0.586 bits per heavy atom. The van der Waals surface area contributed by atoms with E-state index in [4.69, 9.17) is 0 Å². The molecule has 0 amide bonds. The maximum absolute atomic E-state index is 2.48. The summed E-state index contributed by atoms with van der Waals surface area (Å²) < 4.78 is 0. The highest BCUT2D eigenvalue weighted by Gasteiger charge is 2.30. The fourth-order valence-corrected chi connectivity index (χ4v) is 7.84. The van der Waals surface area contributed by atoms with Crippen molar-refractivity contribution in [3.05, 3.63) is 101 Å². The van der Waals surface area contributed by atoms with Gasteiger partial charge in [-0.2, -0.15) is 0 Å². The number of rotatable bonds is 5. The molecule has 0 aliphatic heterocycles. The molecule has 0 aliphatic rings. The quantitative estimate of drug-likeness (QED) is 0.302. The van der Waals surface area contributed by atoms with Gasteiger partial charge >= 0.3 is 0 Å². The Balaban J connectivity index is 2.52. The lowest BCUT2D eigenvalue weighted by Gasteiger charge is -2.30. The molecular formula is C27H34Si2. The van der Waals surface area contributed by atoms with Crippen LogP contribution in [0.4, 0.5) is 0 Å². The average Bonchev–Trinajstić information content (AvgIpc) is 2.66. The molecule has 0 saturated carbocycles. The number of benzene rings is 3. The van der Waals surface area contributed by atoms with E-state index in [1.54, 1.807) is 10.4 Å². The van der Waals surface area contributed by atoms with E-state index in [0.29, 0.717) is 0 Å². The average molecular weight is 415 g/mol. The van der Waals surface area contributed by atoms with Crippen molar-refractivity contribution >= 4 is 32.1 Å². The van der Waals surface area contributed by atoms with E-state index in [1.807, 2.05) is 0 Å². The van der Waals surface area contributed by atoms with E-state index >= 15 is 0 Å². The molecule has 0 aromatic heterocycles. The molecule has 0 unspecified atom stereocenters. The first-order valence-electron chi connectivity index (χ1n) is 10.6. The van der Waals surface area contributed by atoms with Crippen LogP contribution in [0.2, 0.25) is 39.3 Å². The molecule has 0 nitrogen and oxygen atoms in total. The third kappa shape index (κ3) is 4.71. The van der Waals surface area contributed by atoms with E-state index < -0.39 is 16.1 Å². The van der Waals surface area contributed by atoms with Gasteiger partial charge in [0.05, 0.1) is 16.1 Å². The normalized spacial score (nSPS) is 13.2. The van der Waals surface area contributed by atoms with Gasteiger partial charge in [0.25, 0.3) is 0 Å². The van der Waals surface area contributed by atoms with E-state index in [-0.39, 0.29) is 0 Å². The molecule has 29 heavy (non-hydrogen) atoms. The Morgan fingerprint density at radius 2 is 1.10 bits per heavy atom. The predicted molar refractivity (Wildman–Crippen MR) is 136 cm³/mol. The molecule has 0 heterocycles. The second-order valence-corrected chi connectivity index (χ2v) is 20.0. The van der Waals surface area contributed by atoms with E-state index in [2.05, 4.69) is 125 Å². The first-order valence-corrected chi connectivity index (χ1v) is 17.6. The summed E-state index contributed by atoms with van der Waals surface area (Å²) in [6, 6.07) is 29.1.